The van der Waals surface area contributed by atoms with E-state index in [0.29, 0.717) is 30.0 Å². The molecule has 1 aliphatic heterocycles. The zero-order valence-corrected chi connectivity index (χ0v) is 19.3. The van der Waals surface area contributed by atoms with Crippen LogP contribution < -0.4 is 26.0 Å². The van der Waals surface area contributed by atoms with E-state index in [4.69, 9.17) is 15.5 Å². The summed E-state index contributed by atoms with van der Waals surface area (Å²) in [4.78, 5) is 15.8. The van der Waals surface area contributed by atoms with Gasteiger partial charge in [0.05, 0.1) is 31.7 Å². The average Bonchev–Trinajstić information content (AvgIpc) is 3.22. The first kappa shape index (κ1) is 23.0. The molecule has 5 N–H and O–H groups in total. The number of aliphatic hydroxyl groups is 1. The van der Waals surface area contributed by atoms with E-state index in [1.54, 1.807) is 13.3 Å². The van der Waals surface area contributed by atoms with Crippen molar-refractivity contribution in [1.29, 1.82) is 0 Å². The fourth-order valence-electron chi connectivity index (χ4n) is 4.22. The Labute approximate surface area is 193 Å². The molecule has 4 rings (SSSR count). The van der Waals surface area contributed by atoms with Gasteiger partial charge in [-0.25, -0.2) is 4.98 Å². The van der Waals surface area contributed by atoms with Crippen LogP contribution in [-0.4, -0.2) is 75.8 Å². The molecule has 1 aliphatic rings. The number of hydrogen-bond acceptors (Lipinski definition) is 10. The first-order valence-electron chi connectivity index (χ1n) is 11.5. The van der Waals surface area contributed by atoms with Crippen LogP contribution in [-0.2, 0) is 6.54 Å². The third kappa shape index (κ3) is 5.25. The maximum atomic E-state index is 9.45. The number of fused-ring (bicyclic) bond motifs is 1. The van der Waals surface area contributed by atoms with Crippen LogP contribution in [0.4, 0.5) is 17.5 Å². The molecule has 0 saturated carbocycles. The monoisotopic (exact) mass is 455 g/mol. The Morgan fingerprint density at radius 1 is 1.24 bits per heavy atom. The number of pyridine rings is 1. The number of hydrogen-bond donors (Lipinski definition) is 4. The van der Waals surface area contributed by atoms with E-state index >= 15 is 0 Å². The topological polar surface area (TPSA) is 139 Å². The summed E-state index contributed by atoms with van der Waals surface area (Å²) >= 11 is 0. The largest absolute Gasteiger partial charge is 0.495 e. The van der Waals surface area contributed by atoms with Crippen LogP contribution in [0.3, 0.4) is 0 Å². The summed E-state index contributed by atoms with van der Waals surface area (Å²) in [7, 11) is 1.66. The summed E-state index contributed by atoms with van der Waals surface area (Å²) < 4.78 is 7.49. The van der Waals surface area contributed by atoms with Crippen molar-refractivity contribution in [3.63, 3.8) is 0 Å². The molecule has 11 nitrogen and oxygen atoms in total. The van der Waals surface area contributed by atoms with Gasteiger partial charge < -0.3 is 31.1 Å². The lowest BCUT2D eigenvalue weighted by Crippen LogP contribution is -2.43. The molecule has 178 valence electrons. The maximum absolute atomic E-state index is 9.45. The van der Waals surface area contributed by atoms with Crippen LogP contribution in [0.1, 0.15) is 31.9 Å². The molecule has 4 heterocycles. The van der Waals surface area contributed by atoms with E-state index in [-0.39, 0.29) is 18.6 Å². The zero-order valence-electron chi connectivity index (χ0n) is 19.3. The Hall–Kier alpha value is -3.18. The molecular weight excluding hydrogens is 422 g/mol. The van der Waals surface area contributed by atoms with Crippen molar-refractivity contribution in [3.05, 3.63) is 24.2 Å². The van der Waals surface area contributed by atoms with Crippen LogP contribution in [0.5, 0.6) is 5.75 Å². The van der Waals surface area contributed by atoms with Gasteiger partial charge in [0.25, 0.3) is 0 Å². The van der Waals surface area contributed by atoms with Gasteiger partial charge in [0.2, 0.25) is 5.95 Å². The fraction of sp³-hybridized carbons (Fsp3) is 0.545. The quantitative estimate of drug-likeness (QED) is 0.353. The minimum atomic E-state index is 0.0758. The van der Waals surface area contributed by atoms with E-state index in [1.807, 2.05) is 16.9 Å². The van der Waals surface area contributed by atoms with Crippen molar-refractivity contribution >= 4 is 28.5 Å². The van der Waals surface area contributed by atoms with Crippen molar-refractivity contribution in [2.45, 2.75) is 38.8 Å². The highest BCUT2D eigenvalue weighted by Crippen LogP contribution is 2.28. The first-order valence-corrected chi connectivity index (χ1v) is 11.5. The van der Waals surface area contributed by atoms with Gasteiger partial charge in [0.1, 0.15) is 22.5 Å². The number of nitrogens with two attached hydrogens (primary N) is 1. The van der Waals surface area contributed by atoms with E-state index in [9.17, 15) is 5.11 Å². The number of nitrogens with zero attached hydrogens (tertiary/aromatic N) is 6. The molecule has 33 heavy (non-hydrogen) atoms. The van der Waals surface area contributed by atoms with E-state index in [2.05, 4.69) is 37.5 Å². The Morgan fingerprint density at radius 3 is 2.79 bits per heavy atom. The van der Waals surface area contributed by atoms with Crippen LogP contribution in [0, 0.1) is 0 Å². The van der Waals surface area contributed by atoms with Gasteiger partial charge in [0, 0.05) is 44.9 Å². The lowest BCUT2D eigenvalue weighted by atomic mass is 10.1. The minimum Gasteiger partial charge on any atom is -0.495 e. The number of aliphatic hydroxyl groups excluding tert-OH is 1. The third-order valence-electron chi connectivity index (χ3n) is 5.88. The highest BCUT2D eigenvalue weighted by molar-refractivity contribution is 5.86. The van der Waals surface area contributed by atoms with Gasteiger partial charge in [-0.2, -0.15) is 10.1 Å². The average molecular weight is 456 g/mol. The highest BCUT2D eigenvalue weighted by Gasteiger charge is 2.19. The molecule has 1 fully saturated rings. The zero-order chi connectivity index (χ0) is 23.2. The second kappa shape index (κ2) is 10.6. The molecule has 0 amide bonds. The lowest BCUT2D eigenvalue weighted by Gasteiger charge is -2.29. The number of aromatic nitrogens is 5. The van der Waals surface area contributed by atoms with E-state index in [1.165, 1.54) is 0 Å². The molecule has 3 aromatic rings. The first-order chi connectivity index (χ1) is 16.1. The fourth-order valence-corrected chi connectivity index (χ4v) is 4.22. The molecule has 0 aliphatic carbocycles. The number of rotatable bonds is 10. The SMILES string of the molecule is CCCC(CCO)Nc1nc(N)nc2cnn(Cc3ncc(N4CCNCC4)cc3OC)c12. The molecule has 11 heteroatoms. The van der Waals surface area contributed by atoms with Gasteiger partial charge in [-0.15, -0.1) is 0 Å². The molecule has 1 unspecified atom stereocenters. The van der Waals surface area contributed by atoms with Crippen LogP contribution in [0.25, 0.3) is 11.0 Å². The van der Waals surface area contributed by atoms with Crippen molar-refractivity contribution in [2.24, 2.45) is 0 Å². The molecule has 0 radical (unpaired) electrons. The van der Waals surface area contributed by atoms with Crippen LogP contribution in [0.15, 0.2) is 18.5 Å². The van der Waals surface area contributed by atoms with Crippen LogP contribution in [0.2, 0.25) is 0 Å². The second-order valence-electron chi connectivity index (χ2n) is 8.19. The number of anilines is 3. The predicted octanol–water partition coefficient (Wildman–Crippen LogP) is 1.23. The van der Waals surface area contributed by atoms with Gasteiger partial charge in [-0.3, -0.25) is 9.67 Å². The van der Waals surface area contributed by atoms with Crippen molar-refractivity contribution in [3.8, 4) is 5.75 Å². The van der Waals surface area contributed by atoms with E-state index in [0.717, 1.165) is 55.9 Å². The Bertz CT molecular complexity index is 1060. The van der Waals surface area contributed by atoms with E-state index < -0.39 is 0 Å². The highest BCUT2D eigenvalue weighted by atomic mass is 16.5. The molecule has 3 aromatic heterocycles. The van der Waals surface area contributed by atoms with Crippen LogP contribution >= 0.6 is 0 Å². The van der Waals surface area contributed by atoms with Crippen molar-refractivity contribution in [1.82, 2.24) is 30.0 Å². The Balaban J connectivity index is 1.64. The molecular formula is C22H33N9O2. The van der Waals surface area contributed by atoms with Gasteiger partial charge >= 0.3 is 0 Å². The number of methoxy groups -OCH3 is 1. The minimum absolute atomic E-state index is 0.0758. The van der Waals surface area contributed by atoms with Gasteiger partial charge in [0.15, 0.2) is 5.82 Å². The Morgan fingerprint density at radius 2 is 2.06 bits per heavy atom. The Kier molecular flexibility index (Phi) is 7.40. The summed E-state index contributed by atoms with van der Waals surface area (Å²) in [6.07, 6.45) is 6.09. The number of nitrogens with one attached hydrogen (secondary N) is 2. The number of piperazine rings is 1. The number of nitrogen functional groups attached to an aromatic ring is 1. The molecule has 1 atom stereocenters. The van der Waals surface area contributed by atoms with Crippen molar-refractivity contribution < 1.29 is 9.84 Å². The standard InChI is InChI=1S/C22H33N9O2/c1-3-4-15(5-10-32)27-21-20-17(28-22(23)29-21)13-26-31(20)14-18-19(33-2)11-16(12-25-18)30-8-6-24-7-9-30/h11-13,15,24,32H,3-10,14H2,1-2H3,(H3,23,27,28,29). The number of ether oxygens (including phenoxy) is 1. The maximum Gasteiger partial charge on any atom is 0.222 e. The third-order valence-corrected chi connectivity index (χ3v) is 5.88. The molecule has 1 saturated heterocycles. The van der Waals surface area contributed by atoms with Gasteiger partial charge in [-0.05, 0) is 12.8 Å². The van der Waals surface area contributed by atoms with Crippen molar-refractivity contribution in [2.75, 3.05) is 55.8 Å². The smallest absolute Gasteiger partial charge is 0.222 e. The predicted molar refractivity (Wildman–Crippen MR) is 129 cm³/mol. The summed E-state index contributed by atoms with van der Waals surface area (Å²) in [5, 5.41) is 20.8. The van der Waals surface area contributed by atoms with Gasteiger partial charge in [-0.1, -0.05) is 13.3 Å². The molecule has 0 bridgehead atoms. The second-order valence-corrected chi connectivity index (χ2v) is 8.19. The molecule has 0 aromatic carbocycles. The summed E-state index contributed by atoms with van der Waals surface area (Å²) in [6, 6.07) is 2.11. The normalized spacial score (nSPS) is 15.1. The molecule has 0 spiro atoms. The summed E-state index contributed by atoms with van der Waals surface area (Å²) in [5.74, 6) is 1.50. The summed E-state index contributed by atoms with van der Waals surface area (Å²) in [5.41, 5.74) is 9.17. The summed E-state index contributed by atoms with van der Waals surface area (Å²) in [6.45, 7) is 6.40. The lowest BCUT2D eigenvalue weighted by molar-refractivity contribution is 0.276.